The Kier molecular flexibility index (Phi) is 3.04. The van der Waals surface area contributed by atoms with Gasteiger partial charge in [-0.1, -0.05) is 11.6 Å². The third kappa shape index (κ3) is 2.06. The van der Waals surface area contributed by atoms with Crippen LogP contribution in [0.25, 0.3) is 0 Å². The molecular weight excluding hydrogens is 244 g/mol. The number of carboxylic acids is 1. The SMILES string of the molecule is O=C(O)c1cc([N+](=O)[O-])c(Cl)cc1[N+](=O)[O-]. The molecule has 0 atom stereocenters. The van der Waals surface area contributed by atoms with Gasteiger partial charge in [-0.2, -0.15) is 0 Å². The molecule has 0 aliphatic carbocycles. The maximum Gasteiger partial charge on any atom is 0.342 e. The predicted octanol–water partition coefficient (Wildman–Crippen LogP) is 1.85. The van der Waals surface area contributed by atoms with E-state index in [1.807, 2.05) is 0 Å². The molecule has 8 nitrogen and oxygen atoms in total. The van der Waals surface area contributed by atoms with Gasteiger partial charge in [0.25, 0.3) is 11.4 Å². The Morgan fingerprint density at radius 2 is 1.69 bits per heavy atom. The molecule has 1 aromatic carbocycles. The van der Waals surface area contributed by atoms with Gasteiger partial charge < -0.3 is 5.11 Å². The second-order valence-corrected chi connectivity index (χ2v) is 3.05. The normalized spacial score (nSPS) is 9.81. The van der Waals surface area contributed by atoms with Gasteiger partial charge in [-0.05, 0) is 0 Å². The summed E-state index contributed by atoms with van der Waals surface area (Å²) in [6.45, 7) is 0. The highest BCUT2D eigenvalue weighted by molar-refractivity contribution is 6.33. The van der Waals surface area contributed by atoms with Crippen LogP contribution in [0.5, 0.6) is 0 Å². The van der Waals surface area contributed by atoms with Crippen molar-refractivity contribution in [2.24, 2.45) is 0 Å². The van der Waals surface area contributed by atoms with Crippen LogP contribution in [0.15, 0.2) is 12.1 Å². The summed E-state index contributed by atoms with van der Waals surface area (Å²) in [5.41, 5.74) is -2.26. The fraction of sp³-hybridized carbons (Fsp3) is 0. The Morgan fingerprint density at radius 1 is 1.19 bits per heavy atom. The lowest BCUT2D eigenvalue weighted by Gasteiger charge is -1.99. The molecule has 0 heterocycles. The number of rotatable bonds is 3. The maximum absolute atomic E-state index is 10.6. The van der Waals surface area contributed by atoms with Gasteiger partial charge in [0.05, 0.1) is 9.85 Å². The number of halogens is 1. The summed E-state index contributed by atoms with van der Waals surface area (Å²) in [6.07, 6.45) is 0. The zero-order chi connectivity index (χ0) is 12.5. The molecule has 84 valence electrons. The van der Waals surface area contributed by atoms with Crippen LogP contribution in [-0.2, 0) is 0 Å². The molecule has 0 fully saturated rings. The zero-order valence-corrected chi connectivity index (χ0v) is 8.17. The van der Waals surface area contributed by atoms with Crippen molar-refractivity contribution in [1.29, 1.82) is 0 Å². The van der Waals surface area contributed by atoms with Crippen molar-refractivity contribution in [3.05, 3.63) is 42.9 Å². The van der Waals surface area contributed by atoms with Gasteiger partial charge in [0.15, 0.2) is 0 Å². The van der Waals surface area contributed by atoms with Crippen LogP contribution in [0.2, 0.25) is 5.02 Å². The van der Waals surface area contributed by atoms with Crippen molar-refractivity contribution in [2.45, 2.75) is 0 Å². The number of carboxylic acid groups (broad SMARTS) is 1. The number of benzene rings is 1. The van der Waals surface area contributed by atoms with Crippen LogP contribution in [-0.4, -0.2) is 20.9 Å². The molecule has 0 aromatic heterocycles. The summed E-state index contributed by atoms with van der Waals surface area (Å²) >= 11 is 5.41. The molecule has 1 aromatic rings. The number of carbonyl (C=O) groups is 1. The van der Waals surface area contributed by atoms with E-state index < -0.39 is 37.8 Å². The molecular formula is C7H3ClN2O6. The molecule has 0 bridgehead atoms. The standard InChI is InChI=1S/C7H3ClN2O6/c8-4-2-5(9(13)14)3(7(11)12)1-6(4)10(15)16/h1-2H,(H,11,12). The largest absolute Gasteiger partial charge is 0.477 e. The van der Waals surface area contributed by atoms with E-state index >= 15 is 0 Å². The van der Waals surface area contributed by atoms with Gasteiger partial charge in [0, 0.05) is 12.1 Å². The van der Waals surface area contributed by atoms with Crippen molar-refractivity contribution in [3.63, 3.8) is 0 Å². The van der Waals surface area contributed by atoms with Crippen LogP contribution < -0.4 is 0 Å². The molecule has 0 aliphatic heterocycles. The molecule has 0 unspecified atom stereocenters. The fourth-order valence-electron chi connectivity index (χ4n) is 1.01. The van der Waals surface area contributed by atoms with Crippen LogP contribution in [0.4, 0.5) is 11.4 Å². The monoisotopic (exact) mass is 246 g/mol. The Hall–Kier alpha value is -2.22. The first-order valence-corrected chi connectivity index (χ1v) is 4.08. The predicted molar refractivity (Wildman–Crippen MR) is 51.7 cm³/mol. The van der Waals surface area contributed by atoms with E-state index in [2.05, 4.69) is 0 Å². The van der Waals surface area contributed by atoms with Gasteiger partial charge in [-0.3, -0.25) is 20.2 Å². The number of nitro benzene ring substituents is 2. The first-order valence-electron chi connectivity index (χ1n) is 3.70. The lowest BCUT2D eigenvalue weighted by molar-refractivity contribution is -0.389. The molecule has 9 heteroatoms. The second kappa shape index (κ2) is 4.11. The molecule has 1 rings (SSSR count). The maximum atomic E-state index is 10.6. The van der Waals surface area contributed by atoms with Gasteiger partial charge in [0.1, 0.15) is 10.6 Å². The Labute approximate surface area is 92.4 Å². The Morgan fingerprint density at radius 3 is 2.06 bits per heavy atom. The summed E-state index contributed by atoms with van der Waals surface area (Å²) in [5.74, 6) is -1.63. The topological polar surface area (TPSA) is 124 Å². The molecule has 0 saturated heterocycles. The molecule has 1 N–H and O–H groups in total. The number of hydrogen-bond acceptors (Lipinski definition) is 5. The highest BCUT2D eigenvalue weighted by Crippen LogP contribution is 2.32. The van der Waals surface area contributed by atoms with Crippen LogP contribution in [0.1, 0.15) is 10.4 Å². The van der Waals surface area contributed by atoms with E-state index in [9.17, 15) is 25.0 Å². The van der Waals surface area contributed by atoms with E-state index in [1.165, 1.54) is 0 Å². The van der Waals surface area contributed by atoms with E-state index in [4.69, 9.17) is 16.7 Å². The van der Waals surface area contributed by atoms with Crippen molar-refractivity contribution in [3.8, 4) is 0 Å². The van der Waals surface area contributed by atoms with Gasteiger partial charge in [-0.15, -0.1) is 0 Å². The average molecular weight is 247 g/mol. The van der Waals surface area contributed by atoms with Crippen molar-refractivity contribution in [1.82, 2.24) is 0 Å². The Bertz CT molecular complexity index is 500. The number of hydrogen-bond donors (Lipinski definition) is 1. The fourth-order valence-corrected chi connectivity index (χ4v) is 1.24. The summed E-state index contributed by atoms with van der Waals surface area (Å²) < 4.78 is 0. The van der Waals surface area contributed by atoms with Crippen molar-refractivity contribution >= 4 is 28.9 Å². The third-order valence-electron chi connectivity index (χ3n) is 1.69. The highest BCUT2D eigenvalue weighted by Gasteiger charge is 2.26. The second-order valence-electron chi connectivity index (χ2n) is 2.64. The third-order valence-corrected chi connectivity index (χ3v) is 1.99. The lowest BCUT2D eigenvalue weighted by atomic mass is 10.1. The minimum atomic E-state index is -1.63. The van der Waals surface area contributed by atoms with E-state index in [1.54, 1.807) is 0 Å². The quantitative estimate of drug-likeness (QED) is 0.641. The first-order chi connectivity index (χ1) is 7.34. The van der Waals surface area contributed by atoms with Gasteiger partial charge in [-0.25, -0.2) is 4.79 Å². The molecule has 0 radical (unpaired) electrons. The van der Waals surface area contributed by atoms with E-state index in [0.717, 1.165) is 0 Å². The molecule has 16 heavy (non-hydrogen) atoms. The van der Waals surface area contributed by atoms with Crippen LogP contribution >= 0.6 is 11.6 Å². The Balaban J connectivity index is 3.55. The highest BCUT2D eigenvalue weighted by atomic mass is 35.5. The number of aromatic carboxylic acids is 1. The molecule has 0 aliphatic rings. The molecule has 0 amide bonds. The van der Waals surface area contributed by atoms with Crippen LogP contribution in [0.3, 0.4) is 0 Å². The van der Waals surface area contributed by atoms with Gasteiger partial charge in [0.2, 0.25) is 0 Å². The zero-order valence-electron chi connectivity index (χ0n) is 7.42. The number of nitro groups is 2. The summed E-state index contributed by atoms with van der Waals surface area (Å²) in [7, 11) is 0. The number of nitrogens with zero attached hydrogens (tertiary/aromatic N) is 2. The average Bonchev–Trinajstić information content (AvgIpc) is 2.15. The lowest BCUT2D eigenvalue weighted by Crippen LogP contribution is -2.04. The van der Waals surface area contributed by atoms with Crippen molar-refractivity contribution < 1.29 is 19.7 Å². The summed E-state index contributed by atoms with van der Waals surface area (Å²) in [4.78, 5) is 29.7. The summed E-state index contributed by atoms with van der Waals surface area (Å²) in [6, 6.07) is 1.20. The molecule has 0 saturated carbocycles. The van der Waals surface area contributed by atoms with Crippen LogP contribution in [0, 0.1) is 20.2 Å². The van der Waals surface area contributed by atoms with Crippen molar-refractivity contribution in [2.75, 3.05) is 0 Å². The van der Waals surface area contributed by atoms with E-state index in [0.29, 0.717) is 12.1 Å². The minimum absolute atomic E-state index is 0.485. The van der Waals surface area contributed by atoms with Gasteiger partial charge >= 0.3 is 5.97 Å². The smallest absolute Gasteiger partial charge is 0.342 e. The minimum Gasteiger partial charge on any atom is -0.477 e. The molecule has 0 spiro atoms. The first kappa shape index (κ1) is 11.9. The summed E-state index contributed by atoms with van der Waals surface area (Å²) in [5, 5.41) is 29.1. The van der Waals surface area contributed by atoms with E-state index in [-0.39, 0.29) is 0 Å².